The van der Waals surface area contributed by atoms with Gasteiger partial charge in [-0.1, -0.05) is 32.1 Å². The number of carbonyl (C=O) groups is 1. The van der Waals surface area contributed by atoms with Crippen LogP contribution in [0.15, 0.2) is 0 Å². The van der Waals surface area contributed by atoms with Crippen LogP contribution in [0.1, 0.15) is 51.4 Å². The zero-order valence-electron chi connectivity index (χ0n) is 7.72. The third-order valence-electron chi connectivity index (χ3n) is 1.89. The smallest absolute Gasteiger partial charge is 0.185 e. The van der Waals surface area contributed by atoms with Gasteiger partial charge in [0.15, 0.2) is 5.12 Å². The maximum Gasteiger partial charge on any atom is 0.185 e. The SMILES string of the molecule is [CH2-]CCCCCCCCC(=O)S. The maximum absolute atomic E-state index is 10.4. The van der Waals surface area contributed by atoms with Crippen molar-refractivity contribution in [2.24, 2.45) is 0 Å². The first kappa shape index (κ1) is 12.0. The highest BCUT2D eigenvalue weighted by atomic mass is 32.1. The molecule has 0 saturated heterocycles. The van der Waals surface area contributed by atoms with E-state index >= 15 is 0 Å². The average Bonchev–Trinajstić information content (AvgIpc) is 2.02. The summed E-state index contributed by atoms with van der Waals surface area (Å²) in [6.45, 7) is 3.79. The molecule has 0 radical (unpaired) electrons. The van der Waals surface area contributed by atoms with Crippen molar-refractivity contribution in [2.75, 3.05) is 0 Å². The van der Waals surface area contributed by atoms with Gasteiger partial charge in [0, 0.05) is 6.42 Å². The molecule has 0 aliphatic heterocycles. The summed E-state index contributed by atoms with van der Waals surface area (Å²) in [7, 11) is 0. The molecule has 0 rings (SSSR count). The molecule has 0 aromatic carbocycles. The number of carbonyl (C=O) groups excluding carboxylic acids is 1. The first-order chi connectivity index (χ1) is 5.77. The van der Waals surface area contributed by atoms with E-state index in [9.17, 15) is 4.79 Å². The second-order valence-corrected chi connectivity index (χ2v) is 3.62. The zero-order valence-corrected chi connectivity index (χ0v) is 8.61. The van der Waals surface area contributed by atoms with Gasteiger partial charge in [-0.3, -0.25) is 4.79 Å². The van der Waals surface area contributed by atoms with Crippen LogP contribution in [0.3, 0.4) is 0 Å². The Balaban J connectivity index is 2.86. The molecule has 72 valence electrons. The Bertz CT molecular complexity index is 112. The van der Waals surface area contributed by atoms with Crippen LogP contribution < -0.4 is 0 Å². The molecule has 0 spiro atoms. The number of unbranched alkanes of at least 4 members (excludes halogenated alkanes) is 6. The molecule has 2 heteroatoms. The number of rotatable bonds is 8. The van der Waals surface area contributed by atoms with Crippen LogP contribution in [0, 0.1) is 6.92 Å². The van der Waals surface area contributed by atoms with Gasteiger partial charge in [-0.15, -0.1) is 12.6 Å². The summed E-state index contributed by atoms with van der Waals surface area (Å²) >= 11 is 3.71. The first-order valence-electron chi connectivity index (χ1n) is 4.78. The third kappa shape index (κ3) is 10.0. The van der Waals surface area contributed by atoms with Gasteiger partial charge in [0.2, 0.25) is 0 Å². The molecule has 0 unspecified atom stereocenters. The summed E-state index contributed by atoms with van der Waals surface area (Å²) < 4.78 is 0. The van der Waals surface area contributed by atoms with E-state index in [0.717, 1.165) is 12.8 Å². The first-order valence-corrected chi connectivity index (χ1v) is 5.23. The zero-order chi connectivity index (χ0) is 9.23. The van der Waals surface area contributed by atoms with E-state index in [2.05, 4.69) is 19.6 Å². The van der Waals surface area contributed by atoms with E-state index in [1.165, 1.54) is 32.1 Å². The number of hydrogen-bond acceptors (Lipinski definition) is 1. The van der Waals surface area contributed by atoms with E-state index in [-0.39, 0.29) is 5.12 Å². The molecule has 0 aromatic heterocycles. The van der Waals surface area contributed by atoms with Gasteiger partial charge in [-0.2, -0.15) is 6.42 Å². The fourth-order valence-electron chi connectivity index (χ4n) is 1.16. The minimum atomic E-state index is 0.0211. The topological polar surface area (TPSA) is 17.1 Å². The molecule has 0 aromatic rings. The second-order valence-electron chi connectivity index (χ2n) is 3.12. The predicted molar refractivity (Wildman–Crippen MR) is 56.3 cm³/mol. The Hall–Kier alpha value is 0.0200. The van der Waals surface area contributed by atoms with Gasteiger partial charge in [0.05, 0.1) is 0 Å². The van der Waals surface area contributed by atoms with E-state index in [4.69, 9.17) is 0 Å². The lowest BCUT2D eigenvalue weighted by molar-refractivity contribution is -0.110. The standard InChI is InChI=1S/C10H19OS/c1-2-3-4-5-6-7-8-9-10(11)12/h1-9H2,(H,11,12)/q-1. The molecule has 0 heterocycles. The van der Waals surface area contributed by atoms with Crippen LogP contribution in [0.2, 0.25) is 0 Å². The van der Waals surface area contributed by atoms with Crippen LogP contribution in [0.4, 0.5) is 0 Å². The van der Waals surface area contributed by atoms with Gasteiger partial charge >= 0.3 is 0 Å². The number of hydrogen-bond donors (Lipinski definition) is 1. The van der Waals surface area contributed by atoms with Crippen molar-refractivity contribution in [1.82, 2.24) is 0 Å². The normalized spacial score (nSPS) is 10.2. The van der Waals surface area contributed by atoms with Gasteiger partial charge in [-0.05, 0) is 6.42 Å². The Kier molecular flexibility index (Phi) is 9.13. The fraction of sp³-hybridized carbons (Fsp3) is 0.800. The van der Waals surface area contributed by atoms with Crippen molar-refractivity contribution >= 4 is 17.7 Å². The van der Waals surface area contributed by atoms with Crippen molar-refractivity contribution in [1.29, 1.82) is 0 Å². The molecule has 0 N–H and O–H groups in total. The van der Waals surface area contributed by atoms with Gasteiger partial charge in [0.25, 0.3) is 0 Å². The molecule has 12 heavy (non-hydrogen) atoms. The maximum atomic E-state index is 10.4. The molecule has 0 aliphatic carbocycles. The fourth-order valence-corrected chi connectivity index (χ4v) is 1.32. The minimum absolute atomic E-state index is 0.0211. The van der Waals surface area contributed by atoms with E-state index in [0.29, 0.717) is 6.42 Å². The second kappa shape index (κ2) is 9.11. The lowest BCUT2D eigenvalue weighted by Gasteiger charge is -2.00. The Morgan fingerprint density at radius 3 is 2.00 bits per heavy atom. The highest BCUT2D eigenvalue weighted by Gasteiger charge is 1.93. The van der Waals surface area contributed by atoms with Gasteiger partial charge in [-0.25, -0.2) is 0 Å². The monoisotopic (exact) mass is 187 g/mol. The Morgan fingerprint density at radius 1 is 1.00 bits per heavy atom. The van der Waals surface area contributed by atoms with Crippen molar-refractivity contribution in [3.05, 3.63) is 6.92 Å². The van der Waals surface area contributed by atoms with Crippen molar-refractivity contribution in [3.63, 3.8) is 0 Å². The molecule has 0 saturated carbocycles. The quantitative estimate of drug-likeness (QED) is 0.350. The minimum Gasteiger partial charge on any atom is -0.343 e. The highest BCUT2D eigenvalue weighted by molar-refractivity contribution is 7.96. The summed E-state index contributed by atoms with van der Waals surface area (Å²) in [5.41, 5.74) is 0. The average molecular weight is 187 g/mol. The summed E-state index contributed by atoms with van der Waals surface area (Å²) in [6.07, 6.45) is 8.94. The van der Waals surface area contributed by atoms with E-state index in [1.807, 2.05) is 0 Å². The van der Waals surface area contributed by atoms with Crippen molar-refractivity contribution in [2.45, 2.75) is 51.4 Å². The molecule has 0 aliphatic rings. The number of thiol groups is 1. The summed E-state index contributed by atoms with van der Waals surface area (Å²) in [5.74, 6) is 0. The highest BCUT2D eigenvalue weighted by Crippen LogP contribution is 2.08. The van der Waals surface area contributed by atoms with Crippen molar-refractivity contribution < 1.29 is 4.79 Å². The lowest BCUT2D eigenvalue weighted by Crippen LogP contribution is -1.86. The van der Waals surface area contributed by atoms with Crippen LogP contribution >= 0.6 is 12.6 Å². The molecule has 0 bridgehead atoms. The van der Waals surface area contributed by atoms with Gasteiger partial charge in [0.1, 0.15) is 0 Å². The van der Waals surface area contributed by atoms with Crippen LogP contribution in [0.5, 0.6) is 0 Å². The van der Waals surface area contributed by atoms with Crippen LogP contribution in [-0.4, -0.2) is 5.12 Å². The summed E-state index contributed by atoms with van der Waals surface area (Å²) in [5, 5.41) is 0.0211. The molecule has 0 atom stereocenters. The van der Waals surface area contributed by atoms with E-state index in [1.54, 1.807) is 0 Å². The largest absolute Gasteiger partial charge is 0.343 e. The predicted octanol–water partition coefficient (Wildman–Crippen LogP) is 3.40. The summed E-state index contributed by atoms with van der Waals surface area (Å²) in [4.78, 5) is 10.4. The molecular weight excluding hydrogens is 168 g/mol. The van der Waals surface area contributed by atoms with Gasteiger partial charge < -0.3 is 6.92 Å². The summed E-state index contributed by atoms with van der Waals surface area (Å²) in [6, 6.07) is 0. The van der Waals surface area contributed by atoms with Crippen LogP contribution in [0.25, 0.3) is 0 Å². The molecule has 0 fully saturated rings. The Labute approximate surface area is 81.3 Å². The molecule has 0 amide bonds. The Morgan fingerprint density at radius 2 is 1.50 bits per heavy atom. The van der Waals surface area contributed by atoms with E-state index < -0.39 is 0 Å². The lowest BCUT2D eigenvalue weighted by atomic mass is 10.1. The molecular formula is C10H19OS-. The molecule has 1 nitrogen and oxygen atoms in total. The van der Waals surface area contributed by atoms with Crippen molar-refractivity contribution in [3.8, 4) is 0 Å². The van der Waals surface area contributed by atoms with Crippen LogP contribution in [-0.2, 0) is 4.79 Å². The third-order valence-corrected chi connectivity index (χ3v) is 2.11.